The fourth-order valence-corrected chi connectivity index (χ4v) is 2.60. The minimum Gasteiger partial charge on any atom is -0.351 e. The van der Waals surface area contributed by atoms with Gasteiger partial charge < -0.3 is 4.98 Å². The fraction of sp³-hybridized carbons (Fsp3) is 0.357. The van der Waals surface area contributed by atoms with Crippen molar-refractivity contribution in [2.45, 2.75) is 19.8 Å². The lowest BCUT2D eigenvalue weighted by Gasteiger charge is -2.08. The van der Waals surface area contributed by atoms with Crippen molar-refractivity contribution in [2.75, 3.05) is 5.75 Å². The minimum atomic E-state index is -3.83. The zero-order valence-electron chi connectivity index (χ0n) is 11.4. The molecule has 2 N–H and O–H groups in total. The van der Waals surface area contributed by atoms with Crippen molar-refractivity contribution in [1.82, 2.24) is 9.97 Å². The van der Waals surface area contributed by atoms with Crippen molar-refractivity contribution < 1.29 is 13.0 Å². The monoisotopic (exact) mass is 296 g/mol. The molecule has 1 aromatic heterocycles. The van der Waals surface area contributed by atoms with Gasteiger partial charge >= 0.3 is 0 Å². The lowest BCUT2D eigenvalue weighted by molar-refractivity contribution is 0.463. The maximum atomic E-state index is 10.6. The molecule has 0 saturated carbocycles. The molecule has 0 amide bonds. The maximum absolute atomic E-state index is 10.6. The number of benzene rings is 1. The van der Waals surface area contributed by atoms with E-state index in [2.05, 4.69) is 9.97 Å². The van der Waals surface area contributed by atoms with Crippen LogP contribution in [0.4, 0.5) is 0 Å². The van der Waals surface area contributed by atoms with Gasteiger partial charge in [0, 0.05) is 12.4 Å². The van der Waals surface area contributed by atoms with Gasteiger partial charge in [0.1, 0.15) is 0 Å². The summed E-state index contributed by atoms with van der Waals surface area (Å²) in [6, 6.07) is 9.90. The maximum Gasteiger partial charge on any atom is 0.265 e. The quantitative estimate of drug-likeness (QED) is 0.831. The van der Waals surface area contributed by atoms with Crippen LogP contribution in [0.1, 0.15) is 18.9 Å². The van der Waals surface area contributed by atoms with Gasteiger partial charge in [-0.1, -0.05) is 37.3 Å². The first kappa shape index (κ1) is 16.4. The number of imidazole rings is 1. The highest BCUT2D eigenvalue weighted by Gasteiger charge is 2.11. The van der Waals surface area contributed by atoms with Gasteiger partial charge in [0.15, 0.2) is 0 Å². The van der Waals surface area contributed by atoms with Crippen LogP contribution in [0.15, 0.2) is 49.1 Å². The van der Waals surface area contributed by atoms with Crippen molar-refractivity contribution in [3.63, 3.8) is 0 Å². The van der Waals surface area contributed by atoms with Crippen LogP contribution in [0.5, 0.6) is 0 Å². The summed E-state index contributed by atoms with van der Waals surface area (Å²) < 4.78 is 29.9. The molecular weight excluding hydrogens is 276 g/mol. The van der Waals surface area contributed by atoms with E-state index >= 15 is 0 Å². The number of aromatic nitrogens is 2. The van der Waals surface area contributed by atoms with Crippen LogP contribution in [0.3, 0.4) is 0 Å². The van der Waals surface area contributed by atoms with Crippen LogP contribution in [-0.4, -0.2) is 28.7 Å². The summed E-state index contributed by atoms with van der Waals surface area (Å²) >= 11 is 0. The second-order valence-corrected chi connectivity index (χ2v) is 6.14. The fourth-order valence-electron chi connectivity index (χ4n) is 1.72. The predicted octanol–water partition coefficient (Wildman–Crippen LogP) is 2.55. The molecule has 0 bridgehead atoms. The van der Waals surface area contributed by atoms with E-state index in [0.29, 0.717) is 0 Å². The second-order valence-electron chi connectivity index (χ2n) is 4.64. The number of nitrogens with zero attached hydrogens (tertiary/aromatic N) is 1. The molecule has 0 aliphatic heterocycles. The molecule has 5 nitrogen and oxygen atoms in total. The summed E-state index contributed by atoms with van der Waals surface area (Å²) in [5.74, 6) is -0.167. The molecular formula is C14H20N2O3S. The van der Waals surface area contributed by atoms with Crippen molar-refractivity contribution >= 4 is 10.1 Å². The summed E-state index contributed by atoms with van der Waals surface area (Å²) in [7, 11) is -3.83. The summed E-state index contributed by atoms with van der Waals surface area (Å²) in [6.45, 7) is 1.83. The first-order chi connectivity index (χ1) is 9.47. The summed E-state index contributed by atoms with van der Waals surface area (Å²) in [5.41, 5.74) is 1.19. The Balaban J connectivity index is 0.000000333. The van der Waals surface area contributed by atoms with Gasteiger partial charge in [-0.15, -0.1) is 0 Å². The third kappa shape index (κ3) is 8.44. The highest BCUT2D eigenvalue weighted by Crippen LogP contribution is 2.10. The van der Waals surface area contributed by atoms with Crippen LogP contribution < -0.4 is 0 Å². The second kappa shape index (κ2) is 8.50. The number of aryl methyl sites for hydroxylation is 1. The minimum absolute atomic E-state index is 0.0137. The van der Waals surface area contributed by atoms with E-state index < -0.39 is 10.1 Å². The van der Waals surface area contributed by atoms with Crippen LogP contribution in [0, 0.1) is 5.92 Å². The van der Waals surface area contributed by atoms with Crippen LogP contribution in [0.2, 0.25) is 0 Å². The van der Waals surface area contributed by atoms with E-state index in [1.54, 1.807) is 18.7 Å². The van der Waals surface area contributed by atoms with Crippen LogP contribution >= 0.6 is 0 Å². The van der Waals surface area contributed by atoms with Gasteiger partial charge in [-0.2, -0.15) is 8.42 Å². The molecule has 1 heterocycles. The topological polar surface area (TPSA) is 83.0 Å². The molecule has 0 aliphatic carbocycles. The molecule has 1 atom stereocenters. The van der Waals surface area contributed by atoms with E-state index in [1.165, 1.54) is 5.56 Å². The molecule has 0 radical (unpaired) electrons. The summed E-state index contributed by atoms with van der Waals surface area (Å²) in [6.07, 6.45) is 6.70. The first-order valence-corrected chi connectivity index (χ1v) is 8.00. The Morgan fingerprint density at radius 2 is 2.00 bits per heavy atom. The number of hydrogen-bond donors (Lipinski definition) is 2. The highest BCUT2D eigenvalue weighted by atomic mass is 32.2. The lowest BCUT2D eigenvalue weighted by Crippen LogP contribution is -2.13. The Morgan fingerprint density at radius 1 is 1.30 bits per heavy atom. The van der Waals surface area contributed by atoms with E-state index in [-0.39, 0.29) is 11.7 Å². The molecule has 20 heavy (non-hydrogen) atoms. The Kier molecular flexibility index (Phi) is 6.97. The molecule has 0 spiro atoms. The van der Waals surface area contributed by atoms with Crippen molar-refractivity contribution in [3.05, 3.63) is 54.6 Å². The third-order valence-electron chi connectivity index (χ3n) is 2.67. The molecule has 0 aliphatic rings. The van der Waals surface area contributed by atoms with E-state index in [0.717, 1.165) is 12.8 Å². The van der Waals surface area contributed by atoms with Crippen molar-refractivity contribution in [2.24, 2.45) is 5.92 Å². The van der Waals surface area contributed by atoms with Gasteiger partial charge in [-0.25, -0.2) is 4.98 Å². The number of H-pyrrole nitrogens is 1. The molecule has 2 aromatic rings. The number of rotatable bonds is 5. The molecule has 110 valence electrons. The standard InChI is InChI=1S/C11H16O3S.C3H4N2/c1-10(9-15(12,13)14)7-8-11-5-3-2-4-6-11;1-2-5-3-4-1/h2-6,10H,7-9H2,1H3,(H,12,13,14);1-3H,(H,4,5). The Bertz CT molecular complexity index is 536. The largest absolute Gasteiger partial charge is 0.351 e. The number of hydrogen-bond acceptors (Lipinski definition) is 3. The zero-order chi connectivity index (χ0) is 14.8. The van der Waals surface area contributed by atoms with Gasteiger partial charge in [0.05, 0.1) is 12.1 Å². The summed E-state index contributed by atoms with van der Waals surface area (Å²) in [4.78, 5) is 6.42. The molecule has 0 fully saturated rings. The Hall–Kier alpha value is -1.66. The van der Waals surface area contributed by atoms with Crippen molar-refractivity contribution in [1.29, 1.82) is 0 Å². The van der Waals surface area contributed by atoms with Gasteiger partial charge in [0.25, 0.3) is 10.1 Å². The SMILES string of the molecule is CC(CCc1ccccc1)CS(=O)(=O)O.c1c[nH]cn1. The Labute approximate surface area is 119 Å². The van der Waals surface area contributed by atoms with Crippen LogP contribution in [0.25, 0.3) is 0 Å². The predicted molar refractivity (Wildman–Crippen MR) is 78.9 cm³/mol. The zero-order valence-corrected chi connectivity index (χ0v) is 12.3. The number of nitrogens with one attached hydrogen (secondary N) is 1. The molecule has 2 rings (SSSR count). The molecule has 6 heteroatoms. The van der Waals surface area contributed by atoms with Gasteiger partial charge in [-0.3, -0.25) is 4.55 Å². The van der Waals surface area contributed by atoms with Crippen LogP contribution in [-0.2, 0) is 16.5 Å². The lowest BCUT2D eigenvalue weighted by atomic mass is 10.0. The number of aromatic amines is 1. The third-order valence-corrected chi connectivity index (χ3v) is 3.66. The molecule has 1 unspecified atom stereocenters. The highest BCUT2D eigenvalue weighted by molar-refractivity contribution is 7.85. The average Bonchev–Trinajstić information content (AvgIpc) is 2.95. The van der Waals surface area contributed by atoms with Gasteiger partial charge in [-0.05, 0) is 24.3 Å². The molecule has 0 saturated heterocycles. The van der Waals surface area contributed by atoms with Gasteiger partial charge in [0.2, 0.25) is 0 Å². The van der Waals surface area contributed by atoms with E-state index in [9.17, 15) is 8.42 Å². The average molecular weight is 296 g/mol. The smallest absolute Gasteiger partial charge is 0.265 e. The van der Waals surface area contributed by atoms with Crippen molar-refractivity contribution in [3.8, 4) is 0 Å². The normalized spacial score (nSPS) is 12.3. The Morgan fingerprint density at radius 3 is 2.45 bits per heavy atom. The summed E-state index contributed by atoms with van der Waals surface area (Å²) in [5, 5.41) is 0. The van der Waals surface area contributed by atoms with E-state index in [4.69, 9.17) is 4.55 Å². The molecule has 1 aromatic carbocycles. The van der Waals surface area contributed by atoms with E-state index in [1.807, 2.05) is 37.3 Å². The first-order valence-electron chi connectivity index (χ1n) is 6.39.